The van der Waals surface area contributed by atoms with Crippen molar-refractivity contribution >= 4 is 17.0 Å². The van der Waals surface area contributed by atoms with Crippen LogP contribution in [0.15, 0.2) is 29.6 Å². The van der Waals surface area contributed by atoms with Crippen LogP contribution in [0.4, 0.5) is 5.69 Å². The number of rotatable bonds is 2. The molecule has 1 heterocycles. The number of aromatic nitrogens is 1. The van der Waals surface area contributed by atoms with Crippen LogP contribution < -0.4 is 5.73 Å². The summed E-state index contributed by atoms with van der Waals surface area (Å²) in [4.78, 5) is 4.65. The first-order valence-electron chi connectivity index (χ1n) is 5.14. The molecule has 3 rings (SSSR count). The summed E-state index contributed by atoms with van der Waals surface area (Å²) in [5, 5.41) is 3.29. The third kappa shape index (κ3) is 1.75. The summed E-state index contributed by atoms with van der Waals surface area (Å²) in [5.41, 5.74) is 8.89. The number of nitrogen functional groups attached to an aromatic ring is 1. The molecule has 76 valence electrons. The van der Waals surface area contributed by atoms with Crippen LogP contribution in [-0.2, 0) is 0 Å². The molecule has 2 aromatic rings. The number of benzene rings is 1. The molecule has 2 nitrogen and oxygen atoms in total. The third-order valence-corrected chi connectivity index (χ3v) is 3.58. The van der Waals surface area contributed by atoms with Gasteiger partial charge in [-0.3, -0.25) is 0 Å². The van der Waals surface area contributed by atoms with Crippen LogP contribution in [0.2, 0.25) is 0 Å². The van der Waals surface area contributed by atoms with Gasteiger partial charge in [0.2, 0.25) is 0 Å². The molecule has 0 bridgehead atoms. The fraction of sp³-hybridized carbons (Fsp3) is 0.250. The molecule has 0 amide bonds. The molecule has 0 spiro atoms. The Morgan fingerprint density at radius 2 is 1.93 bits per heavy atom. The smallest absolute Gasteiger partial charge is 0.123 e. The standard InChI is InChI=1S/C12H12N2S/c13-10-5-3-9(4-6-10)12-14-11(7-15-12)8-1-2-8/h3-8H,1-2,13H2. The molecule has 0 unspecified atom stereocenters. The Labute approximate surface area is 92.8 Å². The average molecular weight is 216 g/mol. The molecule has 0 atom stereocenters. The van der Waals surface area contributed by atoms with Crippen molar-refractivity contribution in [3.63, 3.8) is 0 Å². The molecule has 1 aliphatic carbocycles. The van der Waals surface area contributed by atoms with Crippen LogP contribution >= 0.6 is 11.3 Å². The average Bonchev–Trinajstić information content (AvgIpc) is 2.99. The lowest BCUT2D eigenvalue weighted by atomic mass is 10.2. The zero-order valence-corrected chi connectivity index (χ0v) is 9.13. The highest BCUT2D eigenvalue weighted by Crippen LogP contribution is 2.41. The Hall–Kier alpha value is -1.35. The SMILES string of the molecule is Nc1ccc(-c2nc(C3CC3)cs2)cc1. The summed E-state index contributed by atoms with van der Waals surface area (Å²) < 4.78 is 0. The second kappa shape index (κ2) is 3.35. The van der Waals surface area contributed by atoms with E-state index in [9.17, 15) is 0 Å². The quantitative estimate of drug-likeness (QED) is 0.782. The first-order chi connectivity index (χ1) is 7.33. The molecule has 0 aliphatic heterocycles. The Bertz CT molecular complexity index is 469. The minimum atomic E-state index is 0.740. The van der Waals surface area contributed by atoms with Gasteiger partial charge >= 0.3 is 0 Å². The minimum Gasteiger partial charge on any atom is -0.399 e. The second-order valence-electron chi connectivity index (χ2n) is 3.97. The van der Waals surface area contributed by atoms with Gasteiger partial charge in [0.05, 0.1) is 5.69 Å². The fourth-order valence-corrected chi connectivity index (χ4v) is 2.52. The predicted molar refractivity (Wildman–Crippen MR) is 63.9 cm³/mol. The predicted octanol–water partition coefficient (Wildman–Crippen LogP) is 3.27. The molecule has 1 aliphatic rings. The molecule has 15 heavy (non-hydrogen) atoms. The zero-order chi connectivity index (χ0) is 10.3. The molecule has 1 saturated carbocycles. The van der Waals surface area contributed by atoms with Gasteiger partial charge in [0, 0.05) is 22.5 Å². The van der Waals surface area contributed by atoms with Crippen LogP contribution in [0.3, 0.4) is 0 Å². The number of hydrogen-bond donors (Lipinski definition) is 1. The number of thiazole rings is 1. The summed E-state index contributed by atoms with van der Waals surface area (Å²) in [5.74, 6) is 0.740. The lowest BCUT2D eigenvalue weighted by Crippen LogP contribution is -1.84. The fourth-order valence-electron chi connectivity index (χ4n) is 1.61. The van der Waals surface area contributed by atoms with E-state index < -0.39 is 0 Å². The van der Waals surface area contributed by atoms with Crippen molar-refractivity contribution in [3.8, 4) is 10.6 Å². The van der Waals surface area contributed by atoms with Gasteiger partial charge in [0.15, 0.2) is 0 Å². The topological polar surface area (TPSA) is 38.9 Å². The van der Waals surface area contributed by atoms with E-state index in [1.807, 2.05) is 24.3 Å². The third-order valence-electron chi connectivity index (χ3n) is 2.68. The van der Waals surface area contributed by atoms with Gasteiger partial charge in [-0.2, -0.15) is 0 Å². The van der Waals surface area contributed by atoms with Crippen LogP contribution in [0, 0.1) is 0 Å². The van der Waals surface area contributed by atoms with Gasteiger partial charge in [-0.1, -0.05) is 0 Å². The van der Waals surface area contributed by atoms with E-state index in [-0.39, 0.29) is 0 Å². The van der Waals surface area contributed by atoms with Crippen molar-refractivity contribution in [2.24, 2.45) is 0 Å². The Balaban J connectivity index is 1.93. The van der Waals surface area contributed by atoms with E-state index in [4.69, 9.17) is 5.73 Å². The lowest BCUT2D eigenvalue weighted by molar-refractivity contribution is 1.05. The molecule has 1 fully saturated rings. The van der Waals surface area contributed by atoms with E-state index in [0.29, 0.717) is 0 Å². The Morgan fingerprint density at radius 3 is 2.60 bits per heavy atom. The largest absolute Gasteiger partial charge is 0.399 e. The number of nitrogens with two attached hydrogens (primary N) is 1. The van der Waals surface area contributed by atoms with Crippen LogP contribution in [0.5, 0.6) is 0 Å². The van der Waals surface area contributed by atoms with Gasteiger partial charge in [0.25, 0.3) is 0 Å². The number of anilines is 1. The van der Waals surface area contributed by atoms with Gasteiger partial charge < -0.3 is 5.73 Å². The maximum Gasteiger partial charge on any atom is 0.123 e. The summed E-state index contributed by atoms with van der Waals surface area (Å²) in [6, 6.07) is 7.91. The van der Waals surface area contributed by atoms with E-state index >= 15 is 0 Å². The van der Waals surface area contributed by atoms with E-state index in [1.54, 1.807) is 11.3 Å². The Morgan fingerprint density at radius 1 is 1.20 bits per heavy atom. The molecule has 1 aromatic carbocycles. The zero-order valence-electron chi connectivity index (χ0n) is 8.31. The van der Waals surface area contributed by atoms with Crippen molar-refractivity contribution in [1.82, 2.24) is 4.98 Å². The van der Waals surface area contributed by atoms with Crippen LogP contribution in [0.1, 0.15) is 24.5 Å². The van der Waals surface area contributed by atoms with E-state index in [1.165, 1.54) is 24.1 Å². The molecule has 0 radical (unpaired) electrons. The molecule has 0 saturated heterocycles. The van der Waals surface area contributed by atoms with Crippen molar-refractivity contribution in [3.05, 3.63) is 35.3 Å². The summed E-state index contributed by atoms with van der Waals surface area (Å²) in [6.45, 7) is 0. The number of hydrogen-bond acceptors (Lipinski definition) is 3. The van der Waals surface area contributed by atoms with E-state index in [2.05, 4.69) is 10.4 Å². The van der Waals surface area contributed by atoms with Gasteiger partial charge in [-0.15, -0.1) is 11.3 Å². The summed E-state index contributed by atoms with van der Waals surface area (Å²) >= 11 is 1.72. The molecular formula is C12H12N2S. The maximum absolute atomic E-state index is 5.65. The summed E-state index contributed by atoms with van der Waals surface area (Å²) in [7, 11) is 0. The first kappa shape index (κ1) is 8.92. The minimum absolute atomic E-state index is 0.740. The number of nitrogens with zero attached hydrogens (tertiary/aromatic N) is 1. The van der Waals surface area contributed by atoms with Crippen molar-refractivity contribution in [2.75, 3.05) is 5.73 Å². The maximum atomic E-state index is 5.65. The van der Waals surface area contributed by atoms with Crippen LogP contribution in [-0.4, -0.2) is 4.98 Å². The summed E-state index contributed by atoms with van der Waals surface area (Å²) in [6.07, 6.45) is 2.62. The monoisotopic (exact) mass is 216 g/mol. The first-order valence-corrected chi connectivity index (χ1v) is 6.02. The van der Waals surface area contributed by atoms with Gasteiger partial charge in [-0.05, 0) is 37.1 Å². The second-order valence-corrected chi connectivity index (χ2v) is 4.83. The molecule has 1 aromatic heterocycles. The van der Waals surface area contributed by atoms with Crippen molar-refractivity contribution in [1.29, 1.82) is 0 Å². The highest BCUT2D eigenvalue weighted by atomic mass is 32.1. The van der Waals surface area contributed by atoms with Gasteiger partial charge in [0.1, 0.15) is 5.01 Å². The Kier molecular flexibility index (Phi) is 1.99. The van der Waals surface area contributed by atoms with Crippen LogP contribution in [0.25, 0.3) is 10.6 Å². The highest BCUT2D eigenvalue weighted by molar-refractivity contribution is 7.13. The lowest BCUT2D eigenvalue weighted by Gasteiger charge is -1.96. The van der Waals surface area contributed by atoms with Crippen molar-refractivity contribution < 1.29 is 0 Å². The molecular weight excluding hydrogens is 204 g/mol. The van der Waals surface area contributed by atoms with Crippen molar-refractivity contribution in [2.45, 2.75) is 18.8 Å². The van der Waals surface area contributed by atoms with E-state index in [0.717, 1.165) is 16.6 Å². The molecule has 2 N–H and O–H groups in total. The van der Waals surface area contributed by atoms with Gasteiger partial charge in [-0.25, -0.2) is 4.98 Å². The normalized spacial score (nSPS) is 15.5. The highest BCUT2D eigenvalue weighted by Gasteiger charge is 2.26. The molecule has 3 heteroatoms.